The molecule has 2 rings (SSSR count). The first-order chi connectivity index (χ1) is 8.20. The molecule has 0 bridgehead atoms. The van der Waals surface area contributed by atoms with Gasteiger partial charge in [-0.1, -0.05) is 0 Å². The second-order valence-corrected chi connectivity index (χ2v) is 3.43. The third-order valence-electron chi connectivity index (χ3n) is 2.22. The monoisotopic (exact) mass is 229 g/mol. The molecule has 0 N–H and O–H groups in total. The summed E-state index contributed by atoms with van der Waals surface area (Å²) >= 11 is 0. The van der Waals surface area contributed by atoms with E-state index >= 15 is 0 Å². The molecule has 0 aliphatic rings. The summed E-state index contributed by atoms with van der Waals surface area (Å²) < 4.78 is 5.02. The van der Waals surface area contributed by atoms with E-state index in [4.69, 9.17) is 4.74 Å². The highest BCUT2D eigenvalue weighted by atomic mass is 16.5. The molecule has 0 unspecified atom stereocenters. The van der Waals surface area contributed by atoms with Crippen LogP contribution in [0, 0.1) is 6.92 Å². The largest absolute Gasteiger partial charge is 0.495 e. The molecule has 0 amide bonds. The fraction of sp³-hybridized carbons (Fsp3) is 0.167. The number of aromatic nitrogens is 3. The van der Waals surface area contributed by atoms with Crippen LogP contribution in [-0.4, -0.2) is 27.8 Å². The number of nitrogens with zero attached hydrogens (tertiary/aromatic N) is 3. The van der Waals surface area contributed by atoms with E-state index in [1.807, 2.05) is 0 Å². The van der Waals surface area contributed by atoms with Gasteiger partial charge in [0.15, 0.2) is 0 Å². The topological polar surface area (TPSA) is 65.0 Å². The van der Waals surface area contributed by atoms with Crippen LogP contribution >= 0.6 is 0 Å². The fourth-order valence-corrected chi connectivity index (χ4v) is 1.39. The molecule has 2 aromatic rings. The van der Waals surface area contributed by atoms with Gasteiger partial charge in [0.2, 0.25) is 5.78 Å². The molecule has 0 fully saturated rings. The Bertz CT molecular complexity index is 555. The van der Waals surface area contributed by atoms with E-state index in [-0.39, 0.29) is 5.78 Å². The molecule has 0 spiro atoms. The van der Waals surface area contributed by atoms with E-state index in [1.165, 1.54) is 13.3 Å². The predicted octanol–water partition coefficient (Wildman–Crippen LogP) is 1.42. The average molecular weight is 229 g/mol. The lowest BCUT2D eigenvalue weighted by Gasteiger charge is -2.03. The molecule has 0 aliphatic heterocycles. The van der Waals surface area contributed by atoms with E-state index in [0.29, 0.717) is 22.8 Å². The summed E-state index contributed by atoms with van der Waals surface area (Å²) in [4.78, 5) is 24.0. The van der Waals surface area contributed by atoms with Crippen molar-refractivity contribution in [2.24, 2.45) is 0 Å². The van der Waals surface area contributed by atoms with Crippen molar-refractivity contribution >= 4 is 5.78 Å². The van der Waals surface area contributed by atoms with Crippen LogP contribution in [0.5, 0.6) is 5.75 Å². The highest BCUT2D eigenvalue weighted by molar-refractivity contribution is 6.07. The summed E-state index contributed by atoms with van der Waals surface area (Å²) in [5, 5.41) is 0. The third-order valence-corrected chi connectivity index (χ3v) is 2.22. The molecule has 2 aromatic heterocycles. The minimum atomic E-state index is -0.193. The van der Waals surface area contributed by atoms with Crippen LogP contribution in [0.4, 0.5) is 0 Å². The van der Waals surface area contributed by atoms with Gasteiger partial charge in [-0.25, -0.2) is 9.97 Å². The summed E-state index contributed by atoms with van der Waals surface area (Å²) in [5.41, 5.74) is 0.801. The van der Waals surface area contributed by atoms with Crippen molar-refractivity contribution in [2.45, 2.75) is 6.92 Å². The predicted molar refractivity (Wildman–Crippen MR) is 61.0 cm³/mol. The van der Waals surface area contributed by atoms with Gasteiger partial charge in [0.1, 0.15) is 17.3 Å². The van der Waals surface area contributed by atoms with Crippen molar-refractivity contribution < 1.29 is 9.53 Å². The van der Waals surface area contributed by atoms with Crippen LogP contribution in [0.3, 0.4) is 0 Å². The molecule has 17 heavy (non-hydrogen) atoms. The number of carbonyl (C=O) groups is 1. The zero-order valence-electron chi connectivity index (χ0n) is 9.54. The first kappa shape index (κ1) is 11.2. The number of hydrogen-bond donors (Lipinski definition) is 0. The van der Waals surface area contributed by atoms with Gasteiger partial charge in [0.05, 0.1) is 13.3 Å². The van der Waals surface area contributed by atoms with Gasteiger partial charge in [-0.3, -0.25) is 9.78 Å². The molecule has 0 aromatic carbocycles. The SMILES string of the molecule is COc1cncc(C(=O)c2ccnc(C)n2)c1. The standard InChI is InChI=1S/C12H11N3O2/c1-8-14-4-3-11(15-8)12(16)9-5-10(17-2)7-13-6-9/h3-7H,1-2H3. The Labute approximate surface area is 98.5 Å². The van der Waals surface area contributed by atoms with E-state index in [9.17, 15) is 4.79 Å². The van der Waals surface area contributed by atoms with Gasteiger partial charge in [-0.05, 0) is 19.1 Å². The van der Waals surface area contributed by atoms with Crippen LogP contribution in [-0.2, 0) is 0 Å². The molecular formula is C12H11N3O2. The van der Waals surface area contributed by atoms with Crippen LogP contribution in [0.15, 0.2) is 30.7 Å². The molecule has 0 radical (unpaired) electrons. The van der Waals surface area contributed by atoms with E-state index in [1.54, 1.807) is 31.5 Å². The van der Waals surface area contributed by atoms with Crippen LogP contribution < -0.4 is 4.74 Å². The minimum Gasteiger partial charge on any atom is -0.495 e. The molecule has 0 saturated carbocycles. The van der Waals surface area contributed by atoms with Crippen molar-refractivity contribution in [1.29, 1.82) is 0 Å². The Balaban J connectivity index is 2.36. The van der Waals surface area contributed by atoms with Gasteiger partial charge < -0.3 is 4.74 Å². The molecule has 0 saturated heterocycles. The summed E-state index contributed by atoms with van der Waals surface area (Å²) in [6, 6.07) is 3.21. The Hall–Kier alpha value is -2.30. The van der Waals surface area contributed by atoms with Crippen LogP contribution in [0.1, 0.15) is 21.9 Å². The highest BCUT2D eigenvalue weighted by Gasteiger charge is 2.12. The number of rotatable bonds is 3. The highest BCUT2D eigenvalue weighted by Crippen LogP contribution is 2.13. The number of hydrogen-bond acceptors (Lipinski definition) is 5. The lowest BCUT2D eigenvalue weighted by molar-refractivity contribution is 0.103. The van der Waals surface area contributed by atoms with Gasteiger partial charge in [-0.15, -0.1) is 0 Å². The maximum Gasteiger partial charge on any atom is 0.213 e. The number of methoxy groups -OCH3 is 1. The van der Waals surface area contributed by atoms with Crippen molar-refractivity contribution in [3.8, 4) is 5.75 Å². The molecule has 2 heterocycles. The summed E-state index contributed by atoms with van der Waals surface area (Å²) in [5.74, 6) is 0.912. The zero-order chi connectivity index (χ0) is 12.3. The zero-order valence-corrected chi connectivity index (χ0v) is 9.54. The smallest absolute Gasteiger partial charge is 0.213 e. The maximum absolute atomic E-state index is 12.1. The average Bonchev–Trinajstić information content (AvgIpc) is 2.38. The van der Waals surface area contributed by atoms with Gasteiger partial charge >= 0.3 is 0 Å². The Morgan fingerprint density at radius 1 is 1.35 bits per heavy atom. The minimum absolute atomic E-state index is 0.193. The molecule has 5 heteroatoms. The third kappa shape index (κ3) is 2.44. The molecule has 5 nitrogen and oxygen atoms in total. The Morgan fingerprint density at radius 3 is 2.88 bits per heavy atom. The van der Waals surface area contributed by atoms with Gasteiger partial charge in [0.25, 0.3) is 0 Å². The van der Waals surface area contributed by atoms with Crippen molar-refractivity contribution in [1.82, 2.24) is 15.0 Å². The van der Waals surface area contributed by atoms with Crippen LogP contribution in [0.2, 0.25) is 0 Å². The van der Waals surface area contributed by atoms with Gasteiger partial charge in [-0.2, -0.15) is 0 Å². The first-order valence-corrected chi connectivity index (χ1v) is 5.04. The Kier molecular flexibility index (Phi) is 3.09. The van der Waals surface area contributed by atoms with Gasteiger partial charge in [0, 0.05) is 18.0 Å². The molecule has 86 valence electrons. The number of pyridine rings is 1. The molecular weight excluding hydrogens is 218 g/mol. The normalized spacial score (nSPS) is 10.0. The second-order valence-electron chi connectivity index (χ2n) is 3.43. The van der Waals surface area contributed by atoms with Crippen LogP contribution in [0.25, 0.3) is 0 Å². The van der Waals surface area contributed by atoms with Crippen molar-refractivity contribution in [3.63, 3.8) is 0 Å². The number of ketones is 1. The maximum atomic E-state index is 12.1. The number of carbonyl (C=O) groups excluding carboxylic acids is 1. The van der Waals surface area contributed by atoms with E-state index in [2.05, 4.69) is 15.0 Å². The lowest BCUT2D eigenvalue weighted by Crippen LogP contribution is -2.06. The number of ether oxygens (including phenoxy) is 1. The summed E-state index contributed by atoms with van der Waals surface area (Å²) in [6.45, 7) is 1.74. The summed E-state index contributed by atoms with van der Waals surface area (Å²) in [6.07, 6.45) is 4.59. The van der Waals surface area contributed by atoms with E-state index < -0.39 is 0 Å². The fourth-order valence-electron chi connectivity index (χ4n) is 1.39. The quantitative estimate of drug-likeness (QED) is 0.745. The summed E-state index contributed by atoms with van der Waals surface area (Å²) in [7, 11) is 1.53. The number of aryl methyl sites for hydroxylation is 1. The van der Waals surface area contributed by atoms with Crippen molar-refractivity contribution in [3.05, 3.63) is 47.8 Å². The van der Waals surface area contributed by atoms with E-state index in [0.717, 1.165) is 0 Å². The molecule has 0 atom stereocenters. The Morgan fingerprint density at radius 2 is 2.18 bits per heavy atom. The second kappa shape index (κ2) is 4.69. The van der Waals surface area contributed by atoms with Crippen molar-refractivity contribution in [2.75, 3.05) is 7.11 Å². The lowest BCUT2D eigenvalue weighted by atomic mass is 10.1. The molecule has 0 aliphatic carbocycles. The first-order valence-electron chi connectivity index (χ1n) is 5.04.